The van der Waals surface area contributed by atoms with Crippen LogP contribution < -0.4 is 5.32 Å². The van der Waals surface area contributed by atoms with E-state index in [1.165, 1.54) is 11.1 Å². The molecule has 0 radical (unpaired) electrons. The molecule has 5 amide bonds. The van der Waals surface area contributed by atoms with E-state index < -0.39 is 23.8 Å². The summed E-state index contributed by atoms with van der Waals surface area (Å²) in [4.78, 5) is 57.7. The highest BCUT2D eigenvalue weighted by Gasteiger charge is 2.43. The third-order valence-corrected chi connectivity index (χ3v) is 9.63. The molecule has 4 heterocycles. The first-order valence-electron chi connectivity index (χ1n) is 15.9. The smallest absolute Gasteiger partial charge is 0.299 e. The summed E-state index contributed by atoms with van der Waals surface area (Å²) in [6.07, 6.45) is 2.23. The average Bonchev–Trinajstić information content (AvgIpc) is 3.31. The summed E-state index contributed by atoms with van der Waals surface area (Å²) < 4.78 is 0. The standard InChI is InChI=1S/C35H38N6O4/c42-31-15-18-40(35(45)36-31)41-33(43)29-12-11-25(23-30(29)34(41)44)24-37-16-13-28(14-17-37)38-19-21-39(22-20-38)32(26-7-3-1-4-8-26)27-9-5-2-6-10-27/h1-12,23,28,32H,13-22,24H2,(H,36,42,45). The molecule has 0 atom stereocenters. The van der Waals surface area contributed by atoms with Crippen LogP contribution in [0.15, 0.2) is 78.9 Å². The van der Waals surface area contributed by atoms with Gasteiger partial charge in [-0.3, -0.25) is 34.4 Å². The second-order valence-electron chi connectivity index (χ2n) is 12.3. The Hall–Kier alpha value is -4.38. The van der Waals surface area contributed by atoms with Gasteiger partial charge in [-0.25, -0.2) is 9.80 Å². The Morgan fingerprint density at radius 3 is 1.93 bits per heavy atom. The van der Waals surface area contributed by atoms with E-state index in [0.717, 1.165) is 67.7 Å². The van der Waals surface area contributed by atoms with Gasteiger partial charge in [0.05, 0.1) is 23.7 Å². The SMILES string of the molecule is O=C1CCN(N2C(=O)c3ccc(CN4CCC(N5CCN(C(c6ccccc6)c6ccccc6)CC5)CC4)cc3C2=O)C(=O)N1. The predicted molar refractivity (Wildman–Crippen MR) is 168 cm³/mol. The van der Waals surface area contributed by atoms with Crippen LogP contribution in [0.4, 0.5) is 4.79 Å². The van der Waals surface area contributed by atoms with Gasteiger partial charge in [0.1, 0.15) is 0 Å². The number of rotatable bonds is 7. The van der Waals surface area contributed by atoms with Crippen LogP contribution in [0.5, 0.6) is 0 Å². The van der Waals surface area contributed by atoms with Crippen LogP contribution in [-0.4, -0.2) is 100 Å². The molecule has 0 aromatic heterocycles. The monoisotopic (exact) mass is 606 g/mol. The third kappa shape index (κ3) is 5.88. The average molecular weight is 607 g/mol. The van der Waals surface area contributed by atoms with E-state index in [2.05, 4.69) is 80.7 Å². The number of carbonyl (C=O) groups excluding carboxylic acids is 4. The molecule has 232 valence electrons. The Labute approximate surface area is 263 Å². The molecule has 4 aliphatic rings. The largest absolute Gasteiger partial charge is 0.343 e. The second kappa shape index (κ2) is 12.5. The van der Waals surface area contributed by atoms with Crippen LogP contribution in [0.1, 0.15) is 62.7 Å². The molecule has 4 aliphatic heterocycles. The second-order valence-corrected chi connectivity index (χ2v) is 12.3. The molecule has 3 aromatic carbocycles. The van der Waals surface area contributed by atoms with Gasteiger partial charge in [-0.1, -0.05) is 66.7 Å². The molecule has 7 rings (SSSR count). The number of benzene rings is 3. The van der Waals surface area contributed by atoms with Gasteiger partial charge in [-0.05, 0) is 54.8 Å². The number of urea groups is 1. The van der Waals surface area contributed by atoms with Crippen molar-refractivity contribution in [3.8, 4) is 0 Å². The summed E-state index contributed by atoms with van der Waals surface area (Å²) in [5, 5.41) is 4.07. The van der Waals surface area contributed by atoms with Crippen LogP contribution in [0.2, 0.25) is 0 Å². The van der Waals surface area contributed by atoms with E-state index >= 15 is 0 Å². The van der Waals surface area contributed by atoms with Gasteiger partial charge in [0.25, 0.3) is 11.8 Å². The van der Waals surface area contributed by atoms with Crippen molar-refractivity contribution in [1.29, 1.82) is 0 Å². The van der Waals surface area contributed by atoms with E-state index in [1.807, 2.05) is 6.07 Å². The number of hydrogen-bond acceptors (Lipinski definition) is 7. The van der Waals surface area contributed by atoms with Crippen molar-refractivity contribution < 1.29 is 19.2 Å². The minimum absolute atomic E-state index is 0.00633. The molecule has 3 fully saturated rings. The number of fused-ring (bicyclic) bond motifs is 1. The molecule has 10 heteroatoms. The molecule has 0 spiro atoms. The molecular weight excluding hydrogens is 568 g/mol. The van der Waals surface area contributed by atoms with E-state index in [9.17, 15) is 19.2 Å². The summed E-state index contributed by atoms with van der Waals surface area (Å²) in [7, 11) is 0. The molecule has 45 heavy (non-hydrogen) atoms. The summed E-state index contributed by atoms with van der Waals surface area (Å²) in [6.45, 7) is 6.81. The Bertz CT molecular complexity index is 1540. The van der Waals surface area contributed by atoms with Crippen molar-refractivity contribution in [2.45, 2.75) is 37.9 Å². The zero-order valence-corrected chi connectivity index (χ0v) is 25.3. The molecule has 3 saturated heterocycles. The first kappa shape index (κ1) is 29.3. The third-order valence-electron chi connectivity index (χ3n) is 9.63. The number of imide groups is 2. The van der Waals surface area contributed by atoms with Crippen LogP contribution in [0.25, 0.3) is 0 Å². The maximum absolute atomic E-state index is 13.2. The summed E-state index contributed by atoms with van der Waals surface area (Å²) >= 11 is 0. The molecule has 0 unspecified atom stereocenters. The highest BCUT2D eigenvalue weighted by atomic mass is 16.2. The maximum atomic E-state index is 13.2. The minimum Gasteiger partial charge on any atom is -0.299 e. The Morgan fingerprint density at radius 1 is 0.689 bits per heavy atom. The Morgan fingerprint density at radius 2 is 1.31 bits per heavy atom. The number of amides is 5. The van der Waals surface area contributed by atoms with Crippen LogP contribution in [-0.2, 0) is 11.3 Å². The molecule has 0 aliphatic carbocycles. The van der Waals surface area contributed by atoms with Crippen molar-refractivity contribution in [1.82, 2.24) is 30.0 Å². The van der Waals surface area contributed by atoms with Gasteiger partial charge in [0.2, 0.25) is 5.91 Å². The number of nitrogens with one attached hydrogen (secondary N) is 1. The molecule has 1 N–H and O–H groups in total. The van der Waals surface area contributed by atoms with Crippen LogP contribution >= 0.6 is 0 Å². The molecular formula is C35H38N6O4. The van der Waals surface area contributed by atoms with E-state index in [-0.39, 0.29) is 24.6 Å². The highest BCUT2D eigenvalue weighted by Crippen LogP contribution is 2.31. The topological polar surface area (TPSA) is 96.5 Å². The van der Waals surface area contributed by atoms with Crippen molar-refractivity contribution in [3.63, 3.8) is 0 Å². The zero-order chi connectivity index (χ0) is 30.9. The summed E-state index contributed by atoms with van der Waals surface area (Å²) in [5.74, 6) is -1.48. The molecule has 0 bridgehead atoms. The van der Waals surface area contributed by atoms with Crippen molar-refractivity contribution in [2.24, 2.45) is 0 Å². The van der Waals surface area contributed by atoms with Gasteiger partial charge in [-0.15, -0.1) is 0 Å². The van der Waals surface area contributed by atoms with E-state index in [0.29, 0.717) is 18.2 Å². The van der Waals surface area contributed by atoms with Crippen molar-refractivity contribution in [3.05, 3.63) is 107 Å². The normalized spacial score (nSPS) is 20.6. The number of piperidine rings is 1. The summed E-state index contributed by atoms with van der Waals surface area (Å²) in [5.41, 5.74) is 4.23. The van der Waals surface area contributed by atoms with Crippen LogP contribution in [0, 0.1) is 0 Å². The fourth-order valence-electron chi connectivity index (χ4n) is 7.29. The molecule has 0 saturated carbocycles. The number of piperazine rings is 1. The lowest BCUT2D eigenvalue weighted by Gasteiger charge is -2.45. The van der Waals surface area contributed by atoms with Gasteiger partial charge >= 0.3 is 6.03 Å². The lowest BCUT2D eigenvalue weighted by molar-refractivity contribution is -0.122. The number of hydrogen-bond donors (Lipinski definition) is 1. The van der Waals surface area contributed by atoms with E-state index in [4.69, 9.17) is 0 Å². The Balaban J connectivity index is 0.936. The number of likely N-dealkylation sites (tertiary alicyclic amines) is 1. The first-order chi connectivity index (χ1) is 22.0. The fourth-order valence-corrected chi connectivity index (χ4v) is 7.29. The molecule has 10 nitrogen and oxygen atoms in total. The number of nitrogens with zero attached hydrogens (tertiary/aromatic N) is 5. The number of carbonyl (C=O) groups is 4. The fraction of sp³-hybridized carbons (Fsp3) is 0.371. The Kier molecular flexibility index (Phi) is 8.18. The molecule has 3 aromatic rings. The van der Waals surface area contributed by atoms with Gasteiger partial charge < -0.3 is 0 Å². The summed E-state index contributed by atoms with van der Waals surface area (Å²) in [6, 6.07) is 27.1. The van der Waals surface area contributed by atoms with Crippen LogP contribution in [0.3, 0.4) is 0 Å². The van der Waals surface area contributed by atoms with Crippen molar-refractivity contribution >= 4 is 23.8 Å². The lowest BCUT2D eigenvalue weighted by atomic mass is 9.95. The minimum atomic E-state index is -0.752. The quantitative estimate of drug-likeness (QED) is 0.412. The maximum Gasteiger partial charge on any atom is 0.343 e. The number of hydrazine groups is 1. The first-order valence-corrected chi connectivity index (χ1v) is 15.9. The van der Waals surface area contributed by atoms with Crippen molar-refractivity contribution in [2.75, 3.05) is 45.8 Å². The van der Waals surface area contributed by atoms with Gasteiger partial charge in [0.15, 0.2) is 0 Å². The van der Waals surface area contributed by atoms with Gasteiger partial charge in [0, 0.05) is 45.2 Å². The van der Waals surface area contributed by atoms with E-state index in [1.54, 1.807) is 12.1 Å². The highest BCUT2D eigenvalue weighted by molar-refractivity contribution is 6.22. The predicted octanol–water partition coefficient (Wildman–Crippen LogP) is 3.51. The zero-order valence-electron chi connectivity index (χ0n) is 25.3. The lowest BCUT2D eigenvalue weighted by Crippen LogP contribution is -2.58. The van der Waals surface area contributed by atoms with Gasteiger partial charge in [-0.2, -0.15) is 5.01 Å².